The van der Waals surface area contributed by atoms with Crippen molar-refractivity contribution in [2.24, 2.45) is 0 Å². The summed E-state index contributed by atoms with van der Waals surface area (Å²) in [6, 6.07) is 6.01. The summed E-state index contributed by atoms with van der Waals surface area (Å²) in [6.45, 7) is 4.58. The minimum Gasteiger partial charge on any atom is -0.311 e. The van der Waals surface area contributed by atoms with E-state index in [4.69, 9.17) is 0 Å². The molecule has 1 N–H and O–H groups in total. The Hall–Kier alpha value is -1.75. The zero-order valence-electron chi connectivity index (χ0n) is 12.7. The van der Waals surface area contributed by atoms with Crippen molar-refractivity contribution in [3.63, 3.8) is 0 Å². The lowest BCUT2D eigenvalue weighted by molar-refractivity contribution is 0.423. The molecule has 3 nitrogen and oxygen atoms in total. The second kappa shape index (κ2) is 6.80. The van der Waals surface area contributed by atoms with Crippen molar-refractivity contribution in [1.29, 1.82) is 0 Å². The van der Waals surface area contributed by atoms with Gasteiger partial charge in [0.15, 0.2) is 11.6 Å². The highest BCUT2D eigenvalue weighted by Crippen LogP contribution is 2.21. The molecule has 0 spiro atoms. The molecule has 1 heterocycles. The van der Waals surface area contributed by atoms with Gasteiger partial charge in [-0.2, -0.15) is 5.10 Å². The lowest BCUT2D eigenvalue weighted by Gasteiger charge is -2.19. The van der Waals surface area contributed by atoms with Gasteiger partial charge in [-0.25, -0.2) is 8.78 Å². The van der Waals surface area contributed by atoms with Crippen LogP contribution in [0.25, 0.3) is 0 Å². The summed E-state index contributed by atoms with van der Waals surface area (Å²) in [7, 11) is 1.74. The van der Waals surface area contributed by atoms with Crippen LogP contribution in [0.3, 0.4) is 0 Å². The normalized spacial score (nSPS) is 12.6. The molecule has 0 aliphatic carbocycles. The van der Waals surface area contributed by atoms with Crippen LogP contribution in [0.5, 0.6) is 0 Å². The highest BCUT2D eigenvalue weighted by molar-refractivity contribution is 5.23. The first-order chi connectivity index (χ1) is 10.1. The Labute approximate surface area is 124 Å². The summed E-state index contributed by atoms with van der Waals surface area (Å²) in [5.74, 6) is -1.61. The summed E-state index contributed by atoms with van der Waals surface area (Å²) in [5.41, 5.74) is 2.44. The van der Waals surface area contributed by atoms with Gasteiger partial charge in [-0.1, -0.05) is 26.0 Å². The van der Waals surface area contributed by atoms with Crippen molar-refractivity contribution in [1.82, 2.24) is 15.1 Å². The predicted molar refractivity (Wildman–Crippen MR) is 79.1 cm³/mol. The fourth-order valence-electron chi connectivity index (χ4n) is 2.44. The average Bonchev–Trinajstić information content (AvgIpc) is 2.90. The van der Waals surface area contributed by atoms with Gasteiger partial charge in [0.2, 0.25) is 0 Å². The molecule has 2 aromatic rings. The van der Waals surface area contributed by atoms with E-state index < -0.39 is 11.6 Å². The molecule has 0 fully saturated rings. The van der Waals surface area contributed by atoms with E-state index in [1.165, 1.54) is 6.07 Å². The maximum atomic E-state index is 14.0. The fraction of sp³-hybridized carbons (Fsp3) is 0.438. The molecule has 2 rings (SSSR count). The Morgan fingerprint density at radius 2 is 2.00 bits per heavy atom. The number of aromatic nitrogens is 2. The Kier molecular flexibility index (Phi) is 5.07. The van der Waals surface area contributed by atoms with Crippen molar-refractivity contribution in [3.8, 4) is 0 Å². The van der Waals surface area contributed by atoms with Gasteiger partial charge in [0.05, 0.1) is 18.3 Å². The number of benzene rings is 1. The van der Waals surface area contributed by atoms with Gasteiger partial charge < -0.3 is 5.32 Å². The van der Waals surface area contributed by atoms with Crippen molar-refractivity contribution in [3.05, 3.63) is 52.9 Å². The molecule has 0 amide bonds. The van der Waals surface area contributed by atoms with Gasteiger partial charge in [-0.3, -0.25) is 4.68 Å². The van der Waals surface area contributed by atoms with E-state index >= 15 is 0 Å². The second-order valence-corrected chi connectivity index (χ2v) is 5.00. The average molecular weight is 293 g/mol. The van der Waals surface area contributed by atoms with Crippen molar-refractivity contribution >= 4 is 0 Å². The van der Waals surface area contributed by atoms with Crippen molar-refractivity contribution < 1.29 is 8.78 Å². The summed E-state index contributed by atoms with van der Waals surface area (Å²) in [6.07, 6.45) is 1.72. The minimum atomic E-state index is -0.821. The van der Waals surface area contributed by atoms with Crippen LogP contribution in [0.1, 0.15) is 36.8 Å². The van der Waals surface area contributed by atoms with Crippen molar-refractivity contribution in [2.45, 2.75) is 39.3 Å². The van der Waals surface area contributed by atoms with Crippen LogP contribution in [0.4, 0.5) is 8.78 Å². The Balaban J connectivity index is 2.31. The number of hydrogen-bond acceptors (Lipinski definition) is 2. The maximum absolute atomic E-state index is 14.0. The topological polar surface area (TPSA) is 29.9 Å². The molecule has 5 heteroatoms. The number of aryl methyl sites for hydroxylation is 2. The number of rotatable bonds is 6. The fourth-order valence-corrected chi connectivity index (χ4v) is 2.44. The first kappa shape index (κ1) is 15.6. The lowest BCUT2D eigenvalue weighted by atomic mass is 10.1. The van der Waals surface area contributed by atoms with E-state index in [2.05, 4.69) is 23.4 Å². The molecule has 0 bridgehead atoms. The van der Waals surface area contributed by atoms with E-state index in [0.29, 0.717) is 12.1 Å². The molecule has 114 valence electrons. The standard InChI is InChI=1S/C16H21F2N3/c1-4-11-9-12(5-2)21(20-11)10-15(19-3)13-7-6-8-14(17)16(13)18/h6-9,15,19H,4-5,10H2,1-3H3. The van der Waals surface area contributed by atoms with Crippen molar-refractivity contribution in [2.75, 3.05) is 7.05 Å². The number of nitrogens with one attached hydrogen (secondary N) is 1. The van der Waals surface area contributed by atoms with Crippen LogP contribution in [0.15, 0.2) is 24.3 Å². The maximum Gasteiger partial charge on any atom is 0.163 e. The SMILES string of the molecule is CCc1cc(CC)n(CC(NC)c2cccc(F)c2F)n1. The molecule has 0 radical (unpaired) electrons. The summed E-state index contributed by atoms with van der Waals surface area (Å²) >= 11 is 0. The molecule has 1 aromatic heterocycles. The molecule has 1 unspecified atom stereocenters. The minimum absolute atomic E-state index is 0.324. The van der Waals surface area contributed by atoms with Crippen LogP contribution in [0, 0.1) is 11.6 Å². The third-order valence-corrected chi connectivity index (χ3v) is 3.70. The van der Waals surface area contributed by atoms with E-state index in [1.54, 1.807) is 13.1 Å². The zero-order chi connectivity index (χ0) is 15.4. The molecule has 0 aliphatic rings. The summed E-state index contributed by atoms with van der Waals surface area (Å²) in [5, 5.41) is 7.57. The smallest absolute Gasteiger partial charge is 0.163 e. The van der Waals surface area contributed by atoms with Gasteiger partial charge in [0, 0.05) is 11.3 Å². The molecule has 0 saturated heterocycles. The van der Waals surface area contributed by atoms with Crippen LogP contribution in [-0.4, -0.2) is 16.8 Å². The van der Waals surface area contributed by atoms with Crippen LogP contribution >= 0.6 is 0 Å². The molecular formula is C16H21F2N3. The van der Waals surface area contributed by atoms with Gasteiger partial charge in [0.25, 0.3) is 0 Å². The van der Waals surface area contributed by atoms with Crippen LogP contribution in [-0.2, 0) is 19.4 Å². The largest absolute Gasteiger partial charge is 0.311 e. The predicted octanol–water partition coefficient (Wildman–Crippen LogP) is 3.25. The van der Waals surface area contributed by atoms with E-state index in [1.807, 2.05) is 11.6 Å². The monoisotopic (exact) mass is 293 g/mol. The lowest BCUT2D eigenvalue weighted by Crippen LogP contribution is -2.24. The highest BCUT2D eigenvalue weighted by Gasteiger charge is 2.19. The molecular weight excluding hydrogens is 272 g/mol. The number of nitrogens with zero attached hydrogens (tertiary/aromatic N) is 2. The molecule has 1 atom stereocenters. The number of halogens is 2. The Bertz CT molecular complexity index is 608. The summed E-state index contributed by atoms with van der Waals surface area (Å²) in [4.78, 5) is 0. The quantitative estimate of drug-likeness (QED) is 0.886. The third kappa shape index (κ3) is 3.29. The first-order valence-corrected chi connectivity index (χ1v) is 7.27. The highest BCUT2D eigenvalue weighted by atomic mass is 19.2. The molecule has 21 heavy (non-hydrogen) atoms. The molecule has 0 aliphatic heterocycles. The first-order valence-electron chi connectivity index (χ1n) is 7.27. The van der Waals surface area contributed by atoms with Gasteiger partial charge in [0.1, 0.15) is 0 Å². The third-order valence-electron chi connectivity index (χ3n) is 3.70. The van der Waals surface area contributed by atoms with Gasteiger partial charge in [-0.15, -0.1) is 0 Å². The molecule has 0 saturated carbocycles. The molecule has 1 aromatic carbocycles. The van der Waals surface area contributed by atoms with Crippen LogP contribution in [0.2, 0.25) is 0 Å². The van der Waals surface area contributed by atoms with E-state index in [0.717, 1.165) is 30.3 Å². The van der Waals surface area contributed by atoms with Gasteiger partial charge >= 0.3 is 0 Å². The zero-order valence-corrected chi connectivity index (χ0v) is 12.7. The van der Waals surface area contributed by atoms with E-state index in [9.17, 15) is 8.78 Å². The second-order valence-electron chi connectivity index (χ2n) is 5.00. The Morgan fingerprint density at radius 1 is 1.24 bits per heavy atom. The Morgan fingerprint density at radius 3 is 2.62 bits per heavy atom. The van der Waals surface area contributed by atoms with E-state index in [-0.39, 0.29) is 6.04 Å². The van der Waals surface area contributed by atoms with Crippen LogP contribution < -0.4 is 5.32 Å². The number of likely N-dealkylation sites (N-methyl/N-ethyl adjacent to an activating group) is 1. The summed E-state index contributed by atoms with van der Waals surface area (Å²) < 4.78 is 29.2. The number of hydrogen-bond donors (Lipinski definition) is 1. The van der Waals surface area contributed by atoms with Gasteiger partial charge in [-0.05, 0) is 32.0 Å².